The molecule has 2 aliphatic rings. The Morgan fingerprint density at radius 2 is 1.89 bits per heavy atom. The number of rotatable bonds is 2. The molecule has 1 atom stereocenters. The van der Waals surface area contributed by atoms with Crippen LogP contribution in [0.15, 0.2) is 0 Å². The second-order valence-corrected chi connectivity index (χ2v) is 6.02. The number of hydrogen-bond donors (Lipinski definition) is 1. The van der Waals surface area contributed by atoms with Crippen LogP contribution in [-0.4, -0.2) is 54.5 Å². The predicted octanol–water partition coefficient (Wildman–Crippen LogP) is 1.51. The number of fused-ring (bicyclic) bond motifs is 1. The third-order valence-corrected chi connectivity index (χ3v) is 4.21. The minimum absolute atomic E-state index is 0. The van der Waals surface area contributed by atoms with Crippen molar-refractivity contribution in [2.75, 3.05) is 32.7 Å². The standard InChI is InChI=1S/C13H25N3O.2ClH/c1-13(2,10-14)12(17)16-8-7-15-6-4-3-5-11(15)9-16;;/h11H,3-10,14H2,1-2H3;2*1H. The lowest BCUT2D eigenvalue weighted by molar-refractivity contribution is -0.143. The SMILES string of the molecule is CC(C)(CN)C(=O)N1CCN2CCCCC2C1.Cl.Cl. The van der Waals surface area contributed by atoms with Gasteiger partial charge in [-0.2, -0.15) is 0 Å². The van der Waals surface area contributed by atoms with Gasteiger partial charge in [-0.25, -0.2) is 0 Å². The first-order valence-electron chi connectivity index (χ1n) is 6.78. The smallest absolute Gasteiger partial charge is 0.229 e. The Bertz CT molecular complexity index is 300. The van der Waals surface area contributed by atoms with E-state index in [1.54, 1.807) is 0 Å². The molecular weight excluding hydrogens is 285 g/mol. The normalized spacial score (nSPS) is 23.9. The zero-order valence-electron chi connectivity index (χ0n) is 11.9. The van der Waals surface area contributed by atoms with Gasteiger partial charge in [0.2, 0.25) is 5.91 Å². The average Bonchev–Trinajstić information content (AvgIpc) is 2.37. The molecule has 0 aliphatic carbocycles. The summed E-state index contributed by atoms with van der Waals surface area (Å²) in [6.45, 7) is 8.35. The van der Waals surface area contributed by atoms with Gasteiger partial charge in [0.25, 0.3) is 0 Å². The molecule has 0 spiro atoms. The number of carbonyl (C=O) groups excluding carboxylic acids is 1. The van der Waals surface area contributed by atoms with Crippen LogP contribution in [-0.2, 0) is 4.79 Å². The molecule has 2 fully saturated rings. The van der Waals surface area contributed by atoms with Gasteiger partial charge >= 0.3 is 0 Å². The number of piperidine rings is 1. The molecule has 0 aromatic rings. The van der Waals surface area contributed by atoms with Gasteiger partial charge in [0.05, 0.1) is 5.41 Å². The molecule has 4 nitrogen and oxygen atoms in total. The topological polar surface area (TPSA) is 49.6 Å². The highest BCUT2D eigenvalue weighted by atomic mass is 35.5. The monoisotopic (exact) mass is 311 g/mol. The van der Waals surface area contributed by atoms with Crippen molar-refractivity contribution in [3.63, 3.8) is 0 Å². The lowest BCUT2D eigenvalue weighted by Gasteiger charge is -2.45. The van der Waals surface area contributed by atoms with Crippen molar-refractivity contribution in [2.24, 2.45) is 11.1 Å². The molecule has 6 heteroatoms. The molecule has 2 heterocycles. The Labute approximate surface area is 128 Å². The van der Waals surface area contributed by atoms with Crippen LogP contribution >= 0.6 is 24.8 Å². The quantitative estimate of drug-likeness (QED) is 0.841. The van der Waals surface area contributed by atoms with Gasteiger partial charge in [-0.05, 0) is 33.2 Å². The summed E-state index contributed by atoms with van der Waals surface area (Å²) in [7, 11) is 0. The molecular formula is C13H27Cl2N3O. The molecule has 1 unspecified atom stereocenters. The Balaban J connectivity index is 0.00000162. The van der Waals surface area contributed by atoms with Crippen LogP contribution in [0.25, 0.3) is 0 Å². The number of halogens is 2. The number of amides is 1. The summed E-state index contributed by atoms with van der Waals surface area (Å²) in [4.78, 5) is 16.9. The van der Waals surface area contributed by atoms with E-state index in [2.05, 4.69) is 4.90 Å². The summed E-state index contributed by atoms with van der Waals surface area (Å²) in [6.07, 6.45) is 3.87. The van der Waals surface area contributed by atoms with Gasteiger partial charge in [0.1, 0.15) is 0 Å². The maximum absolute atomic E-state index is 12.4. The molecule has 0 bridgehead atoms. The van der Waals surface area contributed by atoms with Crippen LogP contribution in [0.5, 0.6) is 0 Å². The third-order valence-electron chi connectivity index (χ3n) is 4.21. The second kappa shape index (κ2) is 7.67. The first-order chi connectivity index (χ1) is 8.04. The van der Waals surface area contributed by atoms with Crippen molar-refractivity contribution >= 4 is 30.7 Å². The lowest BCUT2D eigenvalue weighted by atomic mass is 9.90. The Morgan fingerprint density at radius 1 is 1.21 bits per heavy atom. The molecule has 0 radical (unpaired) electrons. The van der Waals surface area contributed by atoms with E-state index >= 15 is 0 Å². The first-order valence-corrected chi connectivity index (χ1v) is 6.78. The fourth-order valence-corrected chi connectivity index (χ4v) is 2.86. The highest BCUT2D eigenvalue weighted by Crippen LogP contribution is 2.24. The maximum Gasteiger partial charge on any atom is 0.229 e. The number of nitrogens with zero attached hydrogens (tertiary/aromatic N) is 2. The molecule has 1 amide bonds. The van der Waals surface area contributed by atoms with Gasteiger partial charge in [-0.3, -0.25) is 9.69 Å². The minimum atomic E-state index is -0.406. The van der Waals surface area contributed by atoms with E-state index in [0.717, 1.165) is 19.6 Å². The van der Waals surface area contributed by atoms with Crippen LogP contribution in [0.2, 0.25) is 0 Å². The van der Waals surface area contributed by atoms with Gasteiger partial charge in [-0.1, -0.05) is 6.42 Å². The van der Waals surface area contributed by atoms with Crippen molar-refractivity contribution in [1.82, 2.24) is 9.80 Å². The Morgan fingerprint density at radius 3 is 2.53 bits per heavy atom. The highest BCUT2D eigenvalue weighted by molar-refractivity contribution is 5.85. The summed E-state index contributed by atoms with van der Waals surface area (Å²) >= 11 is 0. The molecule has 19 heavy (non-hydrogen) atoms. The number of carbonyl (C=O) groups is 1. The fourth-order valence-electron chi connectivity index (χ4n) is 2.86. The van der Waals surface area contributed by atoms with Crippen LogP contribution in [0.3, 0.4) is 0 Å². The van der Waals surface area contributed by atoms with Crippen molar-refractivity contribution in [2.45, 2.75) is 39.2 Å². The van der Waals surface area contributed by atoms with Crippen molar-refractivity contribution < 1.29 is 4.79 Å². The molecule has 0 aromatic carbocycles. The van der Waals surface area contributed by atoms with E-state index in [1.165, 1.54) is 25.8 Å². The number of piperazine rings is 1. The van der Waals surface area contributed by atoms with Gasteiger partial charge in [0, 0.05) is 32.2 Å². The second-order valence-electron chi connectivity index (χ2n) is 6.02. The zero-order valence-corrected chi connectivity index (χ0v) is 13.6. The van der Waals surface area contributed by atoms with E-state index in [-0.39, 0.29) is 30.7 Å². The van der Waals surface area contributed by atoms with Gasteiger partial charge in [0.15, 0.2) is 0 Å². The lowest BCUT2D eigenvalue weighted by Crippen LogP contribution is -2.58. The van der Waals surface area contributed by atoms with Crippen molar-refractivity contribution in [3.8, 4) is 0 Å². The van der Waals surface area contributed by atoms with Crippen LogP contribution in [0.1, 0.15) is 33.1 Å². The van der Waals surface area contributed by atoms with Crippen molar-refractivity contribution in [3.05, 3.63) is 0 Å². The van der Waals surface area contributed by atoms with Crippen LogP contribution in [0.4, 0.5) is 0 Å². The molecule has 114 valence electrons. The van der Waals surface area contributed by atoms with Crippen LogP contribution < -0.4 is 5.73 Å². The fraction of sp³-hybridized carbons (Fsp3) is 0.923. The van der Waals surface area contributed by atoms with Gasteiger partial charge < -0.3 is 10.6 Å². The Hall–Kier alpha value is -0.0300. The Kier molecular flexibility index (Phi) is 7.66. The summed E-state index contributed by atoms with van der Waals surface area (Å²) in [6, 6.07) is 0.593. The molecule has 2 saturated heterocycles. The predicted molar refractivity (Wildman–Crippen MR) is 83.1 cm³/mol. The summed E-state index contributed by atoms with van der Waals surface area (Å²) < 4.78 is 0. The molecule has 2 aliphatic heterocycles. The molecule has 2 N–H and O–H groups in total. The molecule has 2 rings (SSSR count). The van der Waals surface area contributed by atoms with Crippen LogP contribution in [0, 0.1) is 5.41 Å². The maximum atomic E-state index is 12.4. The number of nitrogens with two attached hydrogens (primary N) is 1. The summed E-state index contributed by atoms with van der Waals surface area (Å²) in [5.74, 6) is 0.227. The van der Waals surface area contributed by atoms with E-state index in [1.807, 2.05) is 18.7 Å². The minimum Gasteiger partial charge on any atom is -0.339 e. The van der Waals surface area contributed by atoms with Crippen molar-refractivity contribution in [1.29, 1.82) is 0 Å². The van der Waals surface area contributed by atoms with E-state index in [9.17, 15) is 4.79 Å². The average molecular weight is 312 g/mol. The van der Waals surface area contributed by atoms with E-state index in [0.29, 0.717) is 12.6 Å². The highest BCUT2D eigenvalue weighted by Gasteiger charge is 2.36. The first kappa shape index (κ1) is 19.0. The molecule has 0 aromatic heterocycles. The summed E-state index contributed by atoms with van der Waals surface area (Å²) in [5.41, 5.74) is 5.28. The largest absolute Gasteiger partial charge is 0.339 e. The van der Waals surface area contributed by atoms with Gasteiger partial charge in [-0.15, -0.1) is 24.8 Å². The molecule has 0 saturated carbocycles. The van der Waals surface area contributed by atoms with E-state index < -0.39 is 5.41 Å². The zero-order chi connectivity index (χ0) is 12.5. The number of hydrogen-bond acceptors (Lipinski definition) is 3. The third kappa shape index (κ3) is 4.22. The van der Waals surface area contributed by atoms with E-state index in [4.69, 9.17) is 5.73 Å². The summed E-state index contributed by atoms with van der Waals surface area (Å²) in [5, 5.41) is 0.